The number of carbonyl (C=O) groups excluding carboxylic acids is 1. The van der Waals surface area contributed by atoms with E-state index in [0.29, 0.717) is 33.4 Å². The molecule has 0 aliphatic rings. The Balaban J connectivity index is 1.74. The minimum atomic E-state index is -0.381. The van der Waals surface area contributed by atoms with E-state index in [2.05, 4.69) is 25.3 Å². The summed E-state index contributed by atoms with van der Waals surface area (Å²) in [6.07, 6.45) is 2.99. The van der Waals surface area contributed by atoms with E-state index < -0.39 is 0 Å². The number of aromatic nitrogens is 4. The number of ether oxygens (including phenoxy) is 2. The van der Waals surface area contributed by atoms with E-state index in [1.807, 2.05) is 0 Å². The molecule has 8 nitrogen and oxygen atoms in total. The normalized spacial score (nSPS) is 12.0. The van der Waals surface area contributed by atoms with Crippen LogP contribution < -0.4 is 14.8 Å². The molecule has 1 aromatic carbocycles. The number of fused-ring (bicyclic) bond motifs is 1. The van der Waals surface area contributed by atoms with Crippen molar-refractivity contribution in [2.75, 3.05) is 19.5 Å². The Labute approximate surface area is 148 Å². The Morgan fingerprint density at radius 1 is 1.24 bits per heavy atom. The molecule has 0 saturated carbocycles. The molecule has 0 spiro atoms. The molecule has 0 unspecified atom stereocenters. The first-order valence-electron chi connectivity index (χ1n) is 7.46. The summed E-state index contributed by atoms with van der Waals surface area (Å²) in [4.78, 5) is 27.9. The number of thioether (sulfide) groups is 1. The minimum absolute atomic E-state index is 0.167. The number of hydrogen-bond acceptors (Lipinski definition) is 7. The van der Waals surface area contributed by atoms with Crippen LogP contribution in [0.2, 0.25) is 0 Å². The number of nitrogens with one attached hydrogen (secondary N) is 2. The highest BCUT2D eigenvalue weighted by Crippen LogP contribution is 2.31. The van der Waals surface area contributed by atoms with Crippen molar-refractivity contribution in [3.63, 3.8) is 0 Å². The third kappa shape index (κ3) is 3.66. The van der Waals surface area contributed by atoms with Crippen LogP contribution in [0.25, 0.3) is 11.2 Å². The monoisotopic (exact) mass is 359 g/mol. The Hall–Kier alpha value is -2.81. The molecule has 1 amide bonds. The first-order chi connectivity index (χ1) is 12.1. The number of amides is 1. The van der Waals surface area contributed by atoms with Gasteiger partial charge >= 0.3 is 0 Å². The molecule has 0 saturated heterocycles. The van der Waals surface area contributed by atoms with Gasteiger partial charge in [-0.15, -0.1) is 0 Å². The van der Waals surface area contributed by atoms with Gasteiger partial charge in [-0.2, -0.15) is 0 Å². The third-order valence-electron chi connectivity index (χ3n) is 3.51. The molecule has 1 atom stereocenters. The molecule has 0 fully saturated rings. The van der Waals surface area contributed by atoms with E-state index in [1.165, 1.54) is 18.1 Å². The van der Waals surface area contributed by atoms with Crippen LogP contribution in [-0.2, 0) is 4.79 Å². The number of rotatable bonds is 6. The summed E-state index contributed by atoms with van der Waals surface area (Å²) in [7, 11) is 3.11. The van der Waals surface area contributed by atoms with Gasteiger partial charge in [-0.1, -0.05) is 11.8 Å². The zero-order valence-electron chi connectivity index (χ0n) is 13.9. The SMILES string of the molecule is COc1ccc(NC(=O)[C@H](C)Sc2ncnc3nc[nH]c23)c(OC)c1. The standard InChI is InChI=1S/C16H17N5O3S/c1-9(25-16-13-14(18-7-17-13)19-8-20-16)15(22)21-11-5-4-10(23-2)6-12(11)24-3/h4-9H,1-3H3,(H,21,22)(H,17,18,19,20)/t9-/m0/s1. The number of hydrogen-bond donors (Lipinski definition) is 2. The Bertz CT molecular complexity index is 898. The van der Waals surface area contributed by atoms with Crippen molar-refractivity contribution < 1.29 is 14.3 Å². The van der Waals surface area contributed by atoms with Crippen molar-refractivity contribution in [2.24, 2.45) is 0 Å². The Morgan fingerprint density at radius 2 is 2.08 bits per heavy atom. The van der Waals surface area contributed by atoms with Crippen molar-refractivity contribution in [3.8, 4) is 11.5 Å². The molecule has 2 heterocycles. The van der Waals surface area contributed by atoms with Gasteiger partial charge in [-0.25, -0.2) is 15.0 Å². The largest absolute Gasteiger partial charge is 0.497 e. The van der Waals surface area contributed by atoms with Crippen LogP contribution in [0.15, 0.2) is 35.9 Å². The maximum absolute atomic E-state index is 12.5. The fourth-order valence-electron chi connectivity index (χ4n) is 2.19. The van der Waals surface area contributed by atoms with Crippen LogP contribution in [0.5, 0.6) is 11.5 Å². The highest BCUT2D eigenvalue weighted by atomic mass is 32.2. The Kier molecular flexibility index (Phi) is 5.03. The van der Waals surface area contributed by atoms with E-state index in [1.54, 1.807) is 45.7 Å². The van der Waals surface area contributed by atoms with Crippen LogP contribution in [0.3, 0.4) is 0 Å². The van der Waals surface area contributed by atoms with Crippen LogP contribution in [0.1, 0.15) is 6.92 Å². The molecule has 130 valence electrons. The van der Waals surface area contributed by atoms with Crippen LogP contribution in [-0.4, -0.2) is 45.3 Å². The predicted octanol–water partition coefficient (Wildman–Crippen LogP) is 2.49. The summed E-state index contributed by atoms with van der Waals surface area (Å²) in [5.41, 5.74) is 1.87. The van der Waals surface area contributed by atoms with Crippen molar-refractivity contribution in [1.29, 1.82) is 0 Å². The van der Waals surface area contributed by atoms with Gasteiger partial charge in [-0.05, 0) is 19.1 Å². The van der Waals surface area contributed by atoms with Gasteiger partial charge < -0.3 is 19.8 Å². The molecular formula is C16H17N5O3S. The molecular weight excluding hydrogens is 342 g/mol. The van der Waals surface area contributed by atoms with Crippen molar-refractivity contribution in [1.82, 2.24) is 19.9 Å². The molecule has 2 aromatic heterocycles. The highest BCUT2D eigenvalue weighted by Gasteiger charge is 2.19. The quantitative estimate of drug-likeness (QED) is 0.515. The fraction of sp³-hybridized carbons (Fsp3) is 0.250. The van der Waals surface area contributed by atoms with Crippen LogP contribution >= 0.6 is 11.8 Å². The lowest BCUT2D eigenvalue weighted by Gasteiger charge is -2.14. The summed E-state index contributed by atoms with van der Waals surface area (Å²) < 4.78 is 10.5. The number of imidazole rings is 1. The zero-order valence-corrected chi connectivity index (χ0v) is 14.8. The maximum atomic E-state index is 12.5. The lowest BCUT2D eigenvalue weighted by atomic mass is 10.2. The average molecular weight is 359 g/mol. The summed E-state index contributed by atoms with van der Waals surface area (Å²) >= 11 is 1.33. The number of H-pyrrole nitrogens is 1. The van der Waals surface area contributed by atoms with E-state index in [9.17, 15) is 4.79 Å². The second-order valence-electron chi connectivity index (χ2n) is 5.10. The summed E-state index contributed by atoms with van der Waals surface area (Å²) in [6, 6.07) is 5.21. The highest BCUT2D eigenvalue weighted by molar-refractivity contribution is 8.00. The second-order valence-corrected chi connectivity index (χ2v) is 6.43. The fourth-order valence-corrected chi connectivity index (χ4v) is 3.07. The molecule has 2 N–H and O–H groups in total. The average Bonchev–Trinajstić information content (AvgIpc) is 3.11. The molecule has 3 rings (SSSR count). The first kappa shape index (κ1) is 17.0. The lowest BCUT2D eigenvalue weighted by molar-refractivity contribution is -0.115. The smallest absolute Gasteiger partial charge is 0.237 e. The zero-order chi connectivity index (χ0) is 17.8. The number of benzene rings is 1. The molecule has 0 aliphatic heterocycles. The molecule has 0 radical (unpaired) electrons. The van der Waals surface area contributed by atoms with E-state index in [-0.39, 0.29) is 11.2 Å². The number of nitrogens with zero attached hydrogens (tertiary/aromatic N) is 3. The van der Waals surface area contributed by atoms with Crippen molar-refractivity contribution in [3.05, 3.63) is 30.9 Å². The maximum Gasteiger partial charge on any atom is 0.237 e. The molecule has 0 bridgehead atoms. The Morgan fingerprint density at radius 3 is 2.84 bits per heavy atom. The van der Waals surface area contributed by atoms with E-state index in [0.717, 1.165) is 0 Å². The summed E-state index contributed by atoms with van der Waals surface area (Å²) in [6.45, 7) is 1.81. The van der Waals surface area contributed by atoms with Gasteiger partial charge in [0, 0.05) is 6.07 Å². The number of anilines is 1. The summed E-state index contributed by atoms with van der Waals surface area (Å²) in [5, 5.41) is 3.16. The first-order valence-corrected chi connectivity index (χ1v) is 8.34. The van der Waals surface area contributed by atoms with Crippen molar-refractivity contribution >= 4 is 34.5 Å². The number of aromatic amines is 1. The van der Waals surface area contributed by atoms with Crippen LogP contribution in [0.4, 0.5) is 5.69 Å². The van der Waals surface area contributed by atoms with Gasteiger partial charge in [0.2, 0.25) is 5.91 Å². The molecule has 3 aromatic rings. The van der Waals surface area contributed by atoms with Crippen molar-refractivity contribution in [2.45, 2.75) is 17.2 Å². The third-order valence-corrected chi connectivity index (χ3v) is 4.61. The van der Waals surface area contributed by atoms with Gasteiger partial charge in [0.15, 0.2) is 5.65 Å². The summed E-state index contributed by atoms with van der Waals surface area (Å²) in [5.74, 6) is 1.02. The predicted molar refractivity (Wildman–Crippen MR) is 95.2 cm³/mol. The van der Waals surface area contributed by atoms with Gasteiger partial charge in [0.05, 0.1) is 31.5 Å². The van der Waals surface area contributed by atoms with E-state index >= 15 is 0 Å². The molecule has 0 aliphatic carbocycles. The second kappa shape index (κ2) is 7.39. The topological polar surface area (TPSA) is 102 Å². The molecule has 25 heavy (non-hydrogen) atoms. The van der Waals surface area contributed by atoms with E-state index in [4.69, 9.17) is 9.47 Å². The minimum Gasteiger partial charge on any atom is -0.497 e. The number of methoxy groups -OCH3 is 2. The molecule has 9 heteroatoms. The number of carbonyl (C=O) groups is 1. The van der Waals surface area contributed by atoms with Gasteiger partial charge in [0.1, 0.15) is 28.4 Å². The van der Waals surface area contributed by atoms with Gasteiger partial charge in [-0.3, -0.25) is 4.79 Å². The van der Waals surface area contributed by atoms with Gasteiger partial charge in [0.25, 0.3) is 0 Å². The lowest BCUT2D eigenvalue weighted by Crippen LogP contribution is -2.22. The van der Waals surface area contributed by atoms with Crippen LogP contribution in [0, 0.1) is 0 Å².